The van der Waals surface area contributed by atoms with Crippen molar-refractivity contribution in [2.75, 3.05) is 18.7 Å². The highest BCUT2D eigenvalue weighted by Crippen LogP contribution is 2.23. The second-order valence-electron chi connectivity index (χ2n) is 5.54. The summed E-state index contributed by atoms with van der Waals surface area (Å²) in [5.74, 6) is 1.10. The number of hydrogen-bond acceptors (Lipinski definition) is 6. The Bertz CT molecular complexity index is 1020. The van der Waals surface area contributed by atoms with E-state index in [1.807, 2.05) is 18.2 Å². The van der Waals surface area contributed by atoms with E-state index in [0.29, 0.717) is 28.7 Å². The van der Waals surface area contributed by atoms with Crippen LogP contribution in [0.2, 0.25) is 5.02 Å². The first kappa shape index (κ1) is 18.2. The van der Waals surface area contributed by atoms with Crippen LogP contribution in [0.5, 0.6) is 5.75 Å². The highest BCUT2D eigenvalue weighted by atomic mass is 35.5. The Morgan fingerprint density at radius 3 is 2.46 bits per heavy atom. The van der Waals surface area contributed by atoms with Crippen LogP contribution in [0.1, 0.15) is 5.56 Å². The molecule has 2 aromatic carbocycles. The molecular weight excluding hydrogens is 376 g/mol. The Morgan fingerprint density at radius 2 is 1.85 bits per heavy atom. The second-order valence-corrected chi connectivity index (χ2v) is 7.76. The lowest BCUT2D eigenvalue weighted by Gasteiger charge is -2.07. The minimum Gasteiger partial charge on any atom is -0.497 e. The first-order valence-electron chi connectivity index (χ1n) is 7.68. The highest BCUT2D eigenvalue weighted by Gasteiger charge is 2.18. The molecule has 0 saturated carbocycles. The molecule has 1 heterocycles. The van der Waals surface area contributed by atoms with Gasteiger partial charge in [-0.15, -0.1) is 9.19 Å². The zero-order chi connectivity index (χ0) is 18.7. The topological polar surface area (TPSA) is 86.1 Å². The van der Waals surface area contributed by atoms with E-state index in [4.69, 9.17) is 16.3 Å². The first-order valence-corrected chi connectivity index (χ1v) is 9.90. The van der Waals surface area contributed by atoms with Crippen molar-refractivity contribution in [3.05, 3.63) is 59.1 Å². The molecule has 0 bridgehead atoms. The molecule has 0 saturated heterocycles. The first-order chi connectivity index (χ1) is 12.4. The summed E-state index contributed by atoms with van der Waals surface area (Å²) in [5, 5.41) is 7.70. The highest BCUT2D eigenvalue weighted by molar-refractivity contribution is 7.89. The summed E-state index contributed by atoms with van der Waals surface area (Å²) in [6.07, 6.45) is 1.07. The molecule has 9 heteroatoms. The van der Waals surface area contributed by atoms with Crippen molar-refractivity contribution >= 4 is 27.6 Å². The van der Waals surface area contributed by atoms with E-state index < -0.39 is 10.0 Å². The number of benzene rings is 2. The Hall–Kier alpha value is -2.58. The van der Waals surface area contributed by atoms with Gasteiger partial charge in [-0.2, -0.15) is 4.98 Å². The lowest BCUT2D eigenvalue weighted by Crippen LogP contribution is -2.16. The van der Waals surface area contributed by atoms with E-state index in [2.05, 4.69) is 15.4 Å². The van der Waals surface area contributed by atoms with Gasteiger partial charge < -0.3 is 10.1 Å². The van der Waals surface area contributed by atoms with Crippen LogP contribution in [0.4, 0.5) is 5.95 Å². The van der Waals surface area contributed by atoms with Crippen LogP contribution in [0.25, 0.3) is 11.4 Å². The molecule has 136 valence electrons. The van der Waals surface area contributed by atoms with E-state index in [1.54, 1.807) is 37.4 Å². The molecule has 0 unspecified atom stereocenters. The van der Waals surface area contributed by atoms with Gasteiger partial charge in [0, 0.05) is 17.1 Å². The van der Waals surface area contributed by atoms with Gasteiger partial charge in [0.2, 0.25) is 5.95 Å². The van der Waals surface area contributed by atoms with Crippen LogP contribution in [0.15, 0.2) is 48.5 Å². The molecule has 7 nitrogen and oxygen atoms in total. The van der Waals surface area contributed by atoms with Crippen molar-refractivity contribution in [3.63, 3.8) is 0 Å². The minimum absolute atomic E-state index is 0.123. The van der Waals surface area contributed by atoms with E-state index >= 15 is 0 Å². The zero-order valence-electron chi connectivity index (χ0n) is 14.2. The predicted molar refractivity (Wildman–Crippen MR) is 101 cm³/mol. The van der Waals surface area contributed by atoms with Crippen molar-refractivity contribution in [1.82, 2.24) is 14.2 Å². The van der Waals surface area contributed by atoms with E-state index in [1.165, 1.54) is 0 Å². The predicted octanol–water partition coefficient (Wildman–Crippen LogP) is 3.03. The number of methoxy groups -OCH3 is 1. The molecule has 0 amide bonds. The summed E-state index contributed by atoms with van der Waals surface area (Å²) in [4.78, 5) is 4.32. The molecule has 0 aliphatic heterocycles. The van der Waals surface area contributed by atoms with Gasteiger partial charge in [-0.1, -0.05) is 29.8 Å². The maximum atomic E-state index is 12.1. The maximum absolute atomic E-state index is 12.1. The zero-order valence-corrected chi connectivity index (χ0v) is 15.8. The van der Waals surface area contributed by atoms with Crippen LogP contribution in [0.3, 0.4) is 0 Å². The molecule has 0 fully saturated rings. The number of hydrogen-bond donors (Lipinski definition) is 1. The molecule has 26 heavy (non-hydrogen) atoms. The summed E-state index contributed by atoms with van der Waals surface area (Å²) in [6, 6.07) is 14.3. The van der Waals surface area contributed by atoms with E-state index in [9.17, 15) is 8.42 Å². The van der Waals surface area contributed by atoms with Crippen molar-refractivity contribution in [3.8, 4) is 17.1 Å². The van der Waals surface area contributed by atoms with Gasteiger partial charge in [-0.25, -0.2) is 8.42 Å². The SMILES string of the molecule is COc1ccc(-c2nc(NCc3ccccc3Cl)n(S(C)(=O)=O)n2)cc1. The van der Waals surface area contributed by atoms with Crippen molar-refractivity contribution in [2.45, 2.75) is 6.54 Å². The van der Waals surface area contributed by atoms with E-state index in [0.717, 1.165) is 15.9 Å². The summed E-state index contributed by atoms with van der Waals surface area (Å²) >= 11 is 6.14. The number of nitrogens with zero attached hydrogens (tertiary/aromatic N) is 3. The third-order valence-corrected chi connectivity index (χ3v) is 4.89. The van der Waals surface area contributed by atoms with Gasteiger partial charge >= 0.3 is 0 Å². The molecule has 0 spiro atoms. The quantitative estimate of drug-likeness (QED) is 0.693. The third-order valence-electron chi connectivity index (χ3n) is 3.64. The Labute approximate surface area is 156 Å². The Morgan fingerprint density at radius 1 is 1.15 bits per heavy atom. The molecule has 3 aromatic rings. The number of aromatic nitrogens is 3. The molecule has 0 aliphatic carbocycles. The van der Waals surface area contributed by atoms with Gasteiger partial charge in [0.05, 0.1) is 13.4 Å². The van der Waals surface area contributed by atoms with Gasteiger partial charge in [0.1, 0.15) is 5.75 Å². The van der Waals surface area contributed by atoms with Crippen LogP contribution in [-0.4, -0.2) is 36.0 Å². The fourth-order valence-corrected chi connectivity index (χ4v) is 3.16. The molecule has 1 aromatic heterocycles. The maximum Gasteiger partial charge on any atom is 0.254 e. The fraction of sp³-hybridized carbons (Fsp3) is 0.176. The van der Waals surface area contributed by atoms with Gasteiger partial charge in [-0.05, 0) is 35.9 Å². The van der Waals surface area contributed by atoms with Crippen molar-refractivity contribution in [1.29, 1.82) is 0 Å². The average molecular weight is 393 g/mol. The number of nitrogens with one attached hydrogen (secondary N) is 1. The largest absolute Gasteiger partial charge is 0.497 e. The van der Waals surface area contributed by atoms with Crippen LogP contribution in [-0.2, 0) is 16.6 Å². The Kier molecular flexibility index (Phi) is 5.15. The normalized spacial score (nSPS) is 11.3. The number of rotatable bonds is 6. The smallest absolute Gasteiger partial charge is 0.254 e. The summed E-state index contributed by atoms with van der Waals surface area (Å²) in [5.41, 5.74) is 1.50. The number of halogens is 1. The summed E-state index contributed by atoms with van der Waals surface area (Å²) in [6.45, 7) is 0.315. The molecule has 1 N–H and O–H groups in total. The Balaban J connectivity index is 1.93. The standard InChI is InChI=1S/C17H17ClN4O3S/c1-25-14-9-7-12(8-10-14)16-20-17(22(21-16)26(2,23)24)19-11-13-5-3-4-6-15(13)18/h3-10H,11H2,1-2H3,(H,19,20,21). The monoisotopic (exact) mass is 392 g/mol. The molecule has 0 radical (unpaired) electrons. The number of ether oxygens (including phenoxy) is 1. The minimum atomic E-state index is -3.63. The fourth-order valence-electron chi connectivity index (χ4n) is 2.32. The van der Waals surface area contributed by atoms with Crippen molar-refractivity contribution in [2.24, 2.45) is 0 Å². The number of anilines is 1. The van der Waals surface area contributed by atoms with Crippen molar-refractivity contribution < 1.29 is 13.2 Å². The van der Waals surface area contributed by atoms with Crippen LogP contribution < -0.4 is 10.1 Å². The average Bonchev–Trinajstić information content (AvgIpc) is 3.06. The van der Waals surface area contributed by atoms with Gasteiger partial charge in [0.25, 0.3) is 10.0 Å². The van der Waals surface area contributed by atoms with E-state index in [-0.39, 0.29) is 5.95 Å². The van der Waals surface area contributed by atoms with Gasteiger partial charge in [0.15, 0.2) is 5.82 Å². The molecule has 3 rings (SSSR count). The summed E-state index contributed by atoms with van der Waals surface area (Å²) in [7, 11) is -2.05. The lowest BCUT2D eigenvalue weighted by atomic mass is 10.2. The van der Waals surface area contributed by atoms with Crippen LogP contribution >= 0.6 is 11.6 Å². The molecule has 0 atom stereocenters. The molecular formula is C17H17ClN4O3S. The summed E-state index contributed by atoms with van der Waals surface area (Å²) < 4.78 is 30.1. The second kappa shape index (κ2) is 7.35. The van der Waals surface area contributed by atoms with Gasteiger partial charge in [-0.3, -0.25) is 0 Å². The third kappa shape index (κ3) is 3.97. The molecule has 0 aliphatic rings. The van der Waals surface area contributed by atoms with Crippen LogP contribution in [0, 0.1) is 0 Å². The lowest BCUT2D eigenvalue weighted by molar-refractivity contribution is 0.415.